The molecule has 3 rings (SSSR count). The van der Waals surface area contributed by atoms with Gasteiger partial charge in [0.2, 0.25) is 5.95 Å². The van der Waals surface area contributed by atoms with Crippen LogP contribution in [-0.2, 0) is 17.7 Å². The topological polar surface area (TPSA) is 50.3 Å². The van der Waals surface area contributed by atoms with Crippen LogP contribution in [0.1, 0.15) is 17.5 Å². The molecule has 0 unspecified atom stereocenters. The average molecular weight is 326 g/mol. The molecule has 0 amide bonds. The lowest BCUT2D eigenvalue weighted by Gasteiger charge is -2.38. The Morgan fingerprint density at radius 3 is 2.58 bits per heavy atom. The second-order valence-corrected chi connectivity index (χ2v) is 6.41. The van der Waals surface area contributed by atoms with Crippen LogP contribution in [0.25, 0.3) is 0 Å². The van der Waals surface area contributed by atoms with Crippen LogP contribution in [0.3, 0.4) is 0 Å². The summed E-state index contributed by atoms with van der Waals surface area (Å²) in [4.78, 5) is 11.0. The van der Waals surface area contributed by atoms with Crippen molar-refractivity contribution in [2.24, 2.45) is 5.92 Å². The minimum atomic E-state index is 0.274. The first-order chi connectivity index (χ1) is 11.8. The van der Waals surface area contributed by atoms with Crippen LogP contribution in [-0.4, -0.2) is 48.2 Å². The fourth-order valence-corrected chi connectivity index (χ4v) is 3.41. The van der Waals surface area contributed by atoms with E-state index in [9.17, 15) is 0 Å². The molecule has 5 heteroatoms. The summed E-state index contributed by atoms with van der Waals surface area (Å²) >= 11 is 0. The predicted octanol–water partition coefficient (Wildman–Crippen LogP) is 2.60. The Morgan fingerprint density at radius 1 is 1.17 bits per heavy atom. The summed E-state index contributed by atoms with van der Waals surface area (Å²) in [5.41, 5.74) is 2.54. The Balaban J connectivity index is 1.57. The van der Waals surface area contributed by atoms with Gasteiger partial charge in [0.25, 0.3) is 0 Å². The van der Waals surface area contributed by atoms with E-state index in [4.69, 9.17) is 4.74 Å². The molecule has 0 saturated carbocycles. The molecule has 1 N–H and O–H groups in total. The van der Waals surface area contributed by atoms with Crippen molar-refractivity contribution in [3.8, 4) is 0 Å². The van der Waals surface area contributed by atoms with Gasteiger partial charge in [0.15, 0.2) is 0 Å². The number of rotatable bonds is 6. The zero-order valence-corrected chi connectivity index (χ0v) is 14.5. The molecule has 1 fully saturated rings. The summed E-state index contributed by atoms with van der Waals surface area (Å²) < 4.78 is 5.80. The van der Waals surface area contributed by atoms with Gasteiger partial charge in [-0.15, -0.1) is 0 Å². The standard InChI is InChI=1S/C19H26N4O/c1-20-19-21-11-16(12-22-19)13-23-9-8-17(18(14-23)24-2)10-15-6-4-3-5-7-15/h3-7,11-12,17-18H,8-10,13-14H2,1-2H3,(H,20,21,22)/t17-,18+/m1/s1. The summed E-state index contributed by atoms with van der Waals surface area (Å²) in [5.74, 6) is 1.24. The second-order valence-electron chi connectivity index (χ2n) is 6.41. The molecular weight excluding hydrogens is 300 g/mol. The quantitative estimate of drug-likeness (QED) is 0.884. The van der Waals surface area contributed by atoms with Crippen LogP contribution in [0.5, 0.6) is 0 Å². The van der Waals surface area contributed by atoms with Crippen molar-refractivity contribution in [3.63, 3.8) is 0 Å². The van der Waals surface area contributed by atoms with Crippen molar-refractivity contribution in [2.75, 3.05) is 32.6 Å². The summed E-state index contributed by atoms with van der Waals surface area (Å²) in [6.45, 7) is 2.93. The predicted molar refractivity (Wildman–Crippen MR) is 95.9 cm³/mol. The molecule has 1 aliphatic rings. The van der Waals surface area contributed by atoms with Gasteiger partial charge in [-0.25, -0.2) is 9.97 Å². The van der Waals surface area contributed by atoms with Crippen molar-refractivity contribution in [1.82, 2.24) is 14.9 Å². The van der Waals surface area contributed by atoms with Crippen LogP contribution in [0.2, 0.25) is 0 Å². The normalized spacial score (nSPS) is 21.6. The number of aromatic nitrogens is 2. The van der Waals surface area contributed by atoms with E-state index in [1.165, 1.54) is 5.56 Å². The van der Waals surface area contributed by atoms with Crippen molar-refractivity contribution in [3.05, 3.63) is 53.9 Å². The molecule has 2 atom stereocenters. The van der Waals surface area contributed by atoms with Gasteiger partial charge in [0.1, 0.15) is 0 Å². The van der Waals surface area contributed by atoms with Crippen molar-refractivity contribution < 1.29 is 4.74 Å². The van der Waals surface area contributed by atoms with Crippen LogP contribution in [0.4, 0.5) is 5.95 Å². The van der Waals surface area contributed by atoms with E-state index in [2.05, 4.69) is 50.5 Å². The van der Waals surface area contributed by atoms with Crippen molar-refractivity contribution in [1.29, 1.82) is 0 Å². The lowest BCUT2D eigenvalue weighted by molar-refractivity contribution is -0.0136. The third-order valence-corrected chi connectivity index (χ3v) is 4.76. The molecule has 0 aliphatic carbocycles. The number of methoxy groups -OCH3 is 1. The summed E-state index contributed by atoms with van der Waals surface area (Å²) in [7, 11) is 3.66. The number of likely N-dealkylation sites (tertiary alicyclic amines) is 1. The van der Waals surface area contributed by atoms with Crippen LogP contribution in [0, 0.1) is 5.92 Å². The summed E-state index contributed by atoms with van der Waals surface area (Å²) in [6.07, 6.45) is 6.32. The molecule has 1 aromatic carbocycles. The molecule has 0 radical (unpaired) electrons. The van der Waals surface area contributed by atoms with E-state index in [0.29, 0.717) is 11.9 Å². The first-order valence-corrected chi connectivity index (χ1v) is 8.56. The molecule has 2 heterocycles. The Labute approximate surface area is 144 Å². The van der Waals surface area contributed by atoms with E-state index in [1.807, 2.05) is 26.6 Å². The first kappa shape index (κ1) is 16.9. The number of nitrogens with zero attached hydrogens (tertiary/aromatic N) is 3. The Morgan fingerprint density at radius 2 is 1.92 bits per heavy atom. The van der Waals surface area contributed by atoms with E-state index in [1.54, 1.807) is 0 Å². The average Bonchev–Trinajstić information content (AvgIpc) is 2.64. The third-order valence-electron chi connectivity index (χ3n) is 4.76. The molecule has 128 valence electrons. The number of piperidine rings is 1. The van der Waals surface area contributed by atoms with Gasteiger partial charge < -0.3 is 10.1 Å². The lowest BCUT2D eigenvalue weighted by Crippen LogP contribution is -2.45. The fraction of sp³-hybridized carbons (Fsp3) is 0.474. The van der Waals surface area contributed by atoms with Crippen LogP contribution >= 0.6 is 0 Å². The number of hydrogen-bond acceptors (Lipinski definition) is 5. The van der Waals surface area contributed by atoms with Crippen LogP contribution in [0.15, 0.2) is 42.7 Å². The van der Waals surface area contributed by atoms with Crippen molar-refractivity contribution >= 4 is 5.95 Å². The van der Waals surface area contributed by atoms with Gasteiger partial charge >= 0.3 is 0 Å². The summed E-state index contributed by atoms with van der Waals surface area (Å²) in [5, 5.41) is 2.95. The zero-order chi connectivity index (χ0) is 16.8. The molecule has 1 aromatic heterocycles. The van der Waals surface area contributed by atoms with Gasteiger partial charge in [-0.05, 0) is 30.9 Å². The molecule has 1 aliphatic heterocycles. The highest BCUT2D eigenvalue weighted by molar-refractivity contribution is 5.23. The fourth-order valence-electron chi connectivity index (χ4n) is 3.41. The van der Waals surface area contributed by atoms with Gasteiger partial charge in [-0.2, -0.15) is 0 Å². The molecule has 5 nitrogen and oxygen atoms in total. The number of benzene rings is 1. The number of anilines is 1. The van der Waals surface area contributed by atoms with E-state index in [0.717, 1.165) is 38.0 Å². The van der Waals surface area contributed by atoms with E-state index >= 15 is 0 Å². The number of nitrogens with one attached hydrogen (secondary N) is 1. The van der Waals surface area contributed by atoms with Crippen molar-refractivity contribution in [2.45, 2.75) is 25.5 Å². The highest BCUT2D eigenvalue weighted by Gasteiger charge is 2.29. The second kappa shape index (κ2) is 8.22. The first-order valence-electron chi connectivity index (χ1n) is 8.56. The minimum Gasteiger partial charge on any atom is -0.380 e. The zero-order valence-electron chi connectivity index (χ0n) is 14.5. The smallest absolute Gasteiger partial charge is 0.222 e. The minimum absolute atomic E-state index is 0.274. The largest absolute Gasteiger partial charge is 0.380 e. The maximum atomic E-state index is 5.80. The van der Waals surface area contributed by atoms with Gasteiger partial charge in [-0.3, -0.25) is 4.90 Å². The van der Waals surface area contributed by atoms with E-state index < -0.39 is 0 Å². The molecule has 0 bridgehead atoms. The molecule has 2 aromatic rings. The van der Waals surface area contributed by atoms with Crippen LogP contribution < -0.4 is 5.32 Å². The highest BCUT2D eigenvalue weighted by Crippen LogP contribution is 2.25. The number of hydrogen-bond donors (Lipinski definition) is 1. The summed E-state index contributed by atoms with van der Waals surface area (Å²) in [6, 6.07) is 10.7. The molecule has 0 spiro atoms. The van der Waals surface area contributed by atoms with E-state index in [-0.39, 0.29) is 6.10 Å². The van der Waals surface area contributed by atoms with Gasteiger partial charge in [0, 0.05) is 45.2 Å². The highest BCUT2D eigenvalue weighted by atomic mass is 16.5. The number of ether oxygens (including phenoxy) is 1. The lowest BCUT2D eigenvalue weighted by atomic mass is 9.87. The SMILES string of the molecule is CNc1ncc(CN2CC[C@H](Cc3ccccc3)[C@@H](OC)C2)cn1. The molecule has 1 saturated heterocycles. The molecule has 24 heavy (non-hydrogen) atoms. The monoisotopic (exact) mass is 326 g/mol. The van der Waals surface area contributed by atoms with Gasteiger partial charge in [0.05, 0.1) is 6.10 Å². The molecular formula is C19H26N4O. The maximum Gasteiger partial charge on any atom is 0.222 e. The maximum absolute atomic E-state index is 5.80. The third kappa shape index (κ3) is 4.30. The van der Waals surface area contributed by atoms with Gasteiger partial charge in [-0.1, -0.05) is 30.3 Å². The Bertz CT molecular complexity index is 617. The Hall–Kier alpha value is -1.98. The Kier molecular flexibility index (Phi) is 5.77.